The van der Waals surface area contributed by atoms with Crippen LogP contribution in [0.4, 0.5) is 10.1 Å². The molecule has 0 saturated carbocycles. The zero-order valence-electron chi connectivity index (χ0n) is 13.8. The molecule has 4 nitrogen and oxygen atoms in total. The fourth-order valence-corrected chi connectivity index (χ4v) is 2.39. The Morgan fingerprint density at radius 3 is 2.27 bits per heavy atom. The third-order valence-corrected chi connectivity index (χ3v) is 3.68. The van der Waals surface area contributed by atoms with Crippen molar-refractivity contribution in [3.05, 3.63) is 84.2 Å². The molecule has 0 saturated heterocycles. The number of rotatable bonds is 5. The minimum absolute atomic E-state index is 0.174. The van der Waals surface area contributed by atoms with Gasteiger partial charge in [-0.2, -0.15) is 5.26 Å². The molecule has 0 spiro atoms. The maximum absolute atomic E-state index is 13.1. The number of anilines is 1. The smallest absolute Gasteiger partial charge is 0.262 e. The van der Waals surface area contributed by atoms with E-state index in [1.54, 1.807) is 30.3 Å². The van der Waals surface area contributed by atoms with Gasteiger partial charge in [-0.25, -0.2) is 4.39 Å². The number of ether oxygens (including phenoxy) is 1. The van der Waals surface area contributed by atoms with E-state index in [0.29, 0.717) is 17.0 Å². The fraction of sp³-hybridized carbons (Fsp3) is 0.0476. The number of benzene rings is 3. The summed E-state index contributed by atoms with van der Waals surface area (Å²) in [6, 6.07) is 22.3. The summed E-state index contributed by atoms with van der Waals surface area (Å²) >= 11 is 0. The number of amides is 1. The lowest BCUT2D eigenvalue weighted by molar-refractivity contribution is -0.118. The molecule has 5 heteroatoms. The number of hydrogen-bond acceptors (Lipinski definition) is 3. The first-order valence-corrected chi connectivity index (χ1v) is 7.93. The number of carbonyl (C=O) groups is 1. The van der Waals surface area contributed by atoms with Crippen LogP contribution in [0, 0.1) is 17.1 Å². The van der Waals surface area contributed by atoms with Crippen LogP contribution in [0.15, 0.2) is 72.8 Å². The van der Waals surface area contributed by atoms with Crippen molar-refractivity contribution < 1.29 is 13.9 Å². The van der Waals surface area contributed by atoms with Crippen molar-refractivity contribution in [2.75, 3.05) is 11.9 Å². The Balaban J connectivity index is 1.57. The average molecular weight is 346 g/mol. The maximum Gasteiger partial charge on any atom is 0.262 e. The second-order valence-electron chi connectivity index (χ2n) is 5.56. The zero-order valence-corrected chi connectivity index (χ0v) is 13.8. The summed E-state index contributed by atoms with van der Waals surface area (Å²) in [6.07, 6.45) is 0. The molecule has 3 rings (SSSR count). The minimum atomic E-state index is -0.415. The number of nitriles is 1. The molecule has 0 aromatic heterocycles. The van der Waals surface area contributed by atoms with Gasteiger partial charge in [-0.05, 0) is 53.6 Å². The number of halogens is 1. The van der Waals surface area contributed by atoms with Crippen molar-refractivity contribution in [3.8, 4) is 22.9 Å². The summed E-state index contributed by atoms with van der Waals surface area (Å²) < 4.78 is 18.5. The molecule has 128 valence electrons. The van der Waals surface area contributed by atoms with Gasteiger partial charge in [-0.1, -0.05) is 30.3 Å². The molecule has 0 bridgehead atoms. The van der Waals surface area contributed by atoms with Crippen LogP contribution in [0.3, 0.4) is 0 Å². The Morgan fingerprint density at radius 1 is 1.00 bits per heavy atom. The Labute approximate surface area is 150 Å². The molecule has 3 aromatic carbocycles. The first-order chi connectivity index (χ1) is 12.6. The van der Waals surface area contributed by atoms with Gasteiger partial charge in [0.2, 0.25) is 0 Å². The van der Waals surface area contributed by atoms with Crippen molar-refractivity contribution in [2.45, 2.75) is 0 Å². The van der Waals surface area contributed by atoms with Crippen LogP contribution < -0.4 is 10.1 Å². The van der Waals surface area contributed by atoms with E-state index in [1.807, 2.05) is 24.3 Å². The number of carbonyl (C=O) groups excluding carboxylic acids is 1. The molecule has 0 aliphatic carbocycles. The first kappa shape index (κ1) is 17.2. The third kappa shape index (κ3) is 4.46. The molecule has 1 amide bonds. The fourth-order valence-electron chi connectivity index (χ4n) is 2.39. The molecular formula is C21H15FN2O2. The molecule has 0 fully saturated rings. The first-order valence-electron chi connectivity index (χ1n) is 7.93. The van der Waals surface area contributed by atoms with Crippen molar-refractivity contribution in [1.82, 2.24) is 0 Å². The van der Waals surface area contributed by atoms with E-state index in [4.69, 9.17) is 10.00 Å². The highest BCUT2D eigenvalue weighted by atomic mass is 19.1. The number of hydrogen-bond donors (Lipinski definition) is 1. The van der Waals surface area contributed by atoms with E-state index in [-0.39, 0.29) is 12.5 Å². The van der Waals surface area contributed by atoms with Gasteiger partial charge < -0.3 is 10.1 Å². The zero-order chi connectivity index (χ0) is 18.4. The third-order valence-electron chi connectivity index (χ3n) is 3.68. The molecule has 26 heavy (non-hydrogen) atoms. The second kappa shape index (κ2) is 7.95. The lowest BCUT2D eigenvalue weighted by Crippen LogP contribution is -2.20. The topological polar surface area (TPSA) is 62.1 Å². The Morgan fingerprint density at radius 2 is 1.65 bits per heavy atom. The molecule has 0 radical (unpaired) electrons. The highest BCUT2D eigenvalue weighted by Crippen LogP contribution is 2.22. The molecule has 3 aromatic rings. The van der Waals surface area contributed by atoms with Gasteiger partial charge in [0.1, 0.15) is 11.6 Å². The number of nitrogens with zero attached hydrogens (tertiary/aromatic N) is 1. The SMILES string of the molecule is N#Cc1ccc(-c2ccc(OCC(=O)Nc3cccc(F)c3)cc2)cc1. The maximum atomic E-state index is 13.1. The van der Waals surface area contributed by atoms with Crippen LogP contribution in [0.2, 0.25) is 0 Å². The standard InChI is InChI=1S/C21H15FN2O2/c22-18-2-1-3-19(12-18)24-21(25)14-26-20-10-8-17(9-11-20)16-6-4-15(13-23)5-7-16/h1-12H,14H2,(H,24,25). The average Bonchev–Trinajstić information content (AvgIpc) is 2.67. The van der Waals surface area contributed by atoms with Gasteiger partial charge in [-0.15, -0.1) is 0 Å². The molecule has 1 N–H and O–H groups in total. The van der Waals surface area contributed by atoms with Crippen LogP contribution in [0.1, 0.15) is 5.56 Å². The van der Waals surface area contributed by atoms with Gasteiger partial charge in [-0.3, -0.25) is 4.79 Å². The van der Waals surface area contributed by atoms with Crippen molar-refractivity contribution >= 4 is 11.6 Å². The van der Waals surface area contributed by atoms with Crippen molar-refractivity contribution in [2.24, 2.45) is 0 Å². The molecule has 0 heterocycles. The number of nitrogens with one attached hydrogen (secondary N) is 1. The molecule has 0 aliphatic heterocycles. The molecule has 0 aliphatic rings. The van der Waals surface area contributed by atoms with Gasteiger partial charge in [0.25, 0.3) is 5.91 Å². The minimum Gasteiger partial charge on any atom is -0.484 e. The van der Waals surface area contributed by atoms with Gasteiger partial charge in [0.05, 0.1) is 11.6 Å². The van der Waals surface area contributed by atoms with E-state index in [2.05, 4.69) is 11.4 Å². The molecular weight excluding hydrogens is 331 g/mol. The normalized spacial score (nSPS) is 10.0. The summed E-state index contributed by atoms with van der Waals surface area (Å²) in [7, 11) is 0. The van der Waals surface area contributed by atoms with Crippen LogP contribution in [0.5, 0.6) is 5.75 Å². The van der Waals surface area contributed by atoms with Gasteiger partial charge in [0.15, 0.2) is 6.61 Å². The highest BCUT2D eigenvalue weighted by Gasteiger charge is 2.05. The van der Waals surface area contributed by atoms with Gasteiger partial charge in [0, 0.05) is 5.69 Å². The van der Waals surface area contributed by atoms with Crippen molar-refractivity contribution in [1.29, 1.82) is 5.26 Å². The predicted molar refractivity (Wildman–Crippen MR) is 97.1 cm³/mol. The van der Waals surface area contributed by atoms with Crippen LogP contribution in [0.25, 0.3) is 11.1 Å². The quantitative estimate of drug-likeness (QED) is 0.746. The Hall–Kier alpha value is -3.65. The van der Waals surface area contributed by atoms with Gasteiger partial charge >= 0.3 is 0 Å². The molecule has 0 unspecified atom stereocenters. The predicted octanol–water partition coefficient (Wildman–Crippen LogP) is 4.38. The monoisotopic (exact) mass is 346 g/mol. The van der Waals surface area contributed by atoms with Crippen LogP contribution in [-0.4, -0.2) is 12.5 Å². The lowest BCUT2D eigenvalue weighted by atomic mass is 10.0. The van der Waals surface area contributed by atoms with E-state index in [0.717, 1.165) is 11.1 Å². The summed E-state index contributed by atoms with van der Waals surface area (Å²) in [4.78, 5) is 11.9. The lowest BCUT2D eigenvalue weighted by Gasteiger charge is -2.08. The van der Waals surface area contributed by atoms with Crippen LogP contribution >= 0.6 is 0 Å². The van der Waals surface area contributed by atoms with E-state index < -0.39 is 5.82 Å². The largest absolute Gasteiger partial charge is 0.484 e. The summed E-state index contributed by atoms with van der Waals surface area (Å²) in [6.45, 7) is -0.174. The second-order valence-corrected chi connectivity index (χ2v) is 5.56. The molecule has 0 atom stereocenters. The van der Waals surface area contributed by atoms with E-state index in [9.17, 15) is 9.18 Å². The van der Waals surface area contributed by atoms with E-state index in [1.165, 1.54) is 18.2 Å². The summed E-state index contributed by atoms with van der Waals surface area (Å²) in [5.41, 5.74) is 2.96. The highest BCUT2D eigenvalue weighted by molar-refractivity contribution is 5.91. The van der Waals surface area contributed by atoms with Crippen molar-refractivity contribution in [3.63, 3.8) is 0 Å². The Bertz CT molecular complexity index is 945. The Kier molecular flexibility index (Phi) is 5.25. The van der Waals surface area contributed by atoms with Crippen LogP contribution in [-0.2, 0) is 4.79 Å². The summed E-state index contributed by atoms with van der Waals surface area (Å²) in [5, 5.41) is 11.4. The summed E-state index contributed by atoms with van der Waals surface area (Å²) in [5.74, 6) is -0.231. The van der Waals surface area contributed by atoms with E-state index >= 15 is 0 Å².